The summed E-state index contributed by atoms with van der Waals surface area (Å²) < 4.78 is 39.4. The van der Waals surface area contributed by atoms with Crippen LogP contribution in [0, 0.1) is 6.92 Å². The predicted molar refractivity (Wildman–Crippen MR) is 86.9 cm³/mol. The van der Waals surface area contributed by atoms with Gasteiger partial charge in [0.05, 0.1) is 10.7 Å². The molecular formula is C15H18NO4PS. The molecule has 0 saturated carbocycles. The second-order valence-corrected chi connectivity index (χ2v) is 9.32. The van der Waals surface area contributed by atoms with E-state index in [1.54, 1.807) is 30.3 Å². The molecule has 0 aliphatic heterocycles. The maximum absolute atomic E-state index is 12.5. The topological polar surface area (TPSA) is 83.5 Å². The van der Waals surface area contributed by atoms with E-state index < -0.39 is 23.2 Å². The lowest BCUT2D eigenvalue weighted by Crippen LogP contribution is -2.34. The highest BCUT2D eigenvalue weighted by Crippen LogP contribution is 2.43. The minimum absolute atomic E-state index is 0.0676. The Kier molecular flexibility index (Phi) is 4.87. The fraction of sp³-hybridized carbons (Fsp3) is 0.200. The third kappa shape index (κ3) is 3.65. The largest absolute Gasteiger partial charge is 0.340 e. The molecule has 0 saturated heterocycles. The summed E-state index contributed by atoms with van der Waals surface area (Å²) in [6.07, 6.45) is 0. The molecule has 0 aliphatic carbocycles. The quantitative estimate of drug-likeness (QED) is 0.818. The van der Waals surface area contributed by atoms with Crippen LogP contribution in [-0.4, -0.2) is 19.1 Å². The molecule has 0 spiro atoms. The molecule has 2 aromatic carbocycles. The van der Waals surface area contributed by atoms with Gasteiger partial charge in [-0.3, -0.25) is 4.57 Å². The Morgan fingerprint density at radius 1 is 1.05 bits per heavy atom. The number of nitrogens with one attached hydrogen (secondary N) is 1. The van der Waals surface area contributed by atoms with E-state index in [2.05, 4.69) is 4.72 Å². The van der Waals surface area contributed by atoms with Gasteiger partial charge >= 0.3 is 0 Å². The first-order valence-corrected chi connectivity index (χ1v) is 9.92. The minimum atomic E-state index is -3.85. The van der Waals surface area contributed by atoms with Crippen LogP contribution in [0.2, 0.25) is 0 Å². The van der Waals surface area contributed by atoms with Gasteiger partial charge < -0.3 is 4.89 Å². The summed E-state index contributed by atoms with van der Waals surface area (Å²) in [5.41, 5.74) is 0.934. The SMILES string of the molecule is Cc1ccc(S(=O)(=O)NC(C)P(=O)(O)c2ccccc2)cc1. The van der Waals surface area contributed by atoms with Crippen LogP contribution in [0.25, 0.3) is 0 Å². The second kappa shape index (κ2) is 6.34. The minimum Gasteiger partial charge on any atom is -0.340 e. The lowest BCUT2D eigenvalue weighted by molar-refractivity contribution is 0.472. The Morgan fingerprint density at radius 3 is 2.14 bits per heavy atom. The van der Waals surface area contributed by atoms with Crippen LogP contribution in [0.3, 0.4) is 0 Å². The molecule has 0 heterocycles. The highest BCUT2D eigenvalue weighted by atomic mass is 32.2. The molecule has 0 amide bonds. The smallest absolute Gasteiger partial charge is 0.246 e. The van der Waals surface area contributed by atoms with E-state index in [4.69, 9.17) is 0 Å². The van der Waals surface area contributed by atoms with Gasteiger partial charge in [0.1, 0.15) is 0 Å². The normalized spacial score (nSPS) is 16.0. The average molecular weight is 339 g/mol. The van der Waals surface area contributed by atoms with E-state index in [-0.39, 0.29) is 10.2 Å². The number of benzene rings is 2. The Hall–Kier alpha value is -1.46. The molecule has 2 atom stereocenters. The van der Waals surface area contributed by atoms with Crippen molar-refractivity contribution < 1.29 is 17.9 Å². The predicted octanol–water partition coefficient (Wildman–Crippen LogP) is 2.22. The molecular weight excluding hydrogens is 321 g/mol. The molecule has 118 valence electrons. The lowest BCUT2D eigenvalue weighted by Gasteiger charge is -2.20. The fourth-order valence-electron chi connectivity index (χ4n) is 1.95. The number of sulfonamides is 1. The van der Waals surface area contributed by atoms with Gasteiger partial charge in [0.2, 0.25) is 17.4 Å². The van der Waals surface area contributed by atoms with Crippen molar-refractivity contribution in [3.8, 4) is 0 Å². The first kappa shape index (κ1) is 16.9. The van der Waals surface area contributed by atoms with Crippen molar-refractivity contribution in [1.82, 2.24) is 4.72 Å². The van der Waals surface area contributed by atoms with Crippen LogP contribution in [-0.2, 0) is 14.6 Å². The van der Waals surface area contributed by atoms with Gasteiger partial charge in [-0.1, -0.05) is 35.9 Å². The van der Waals surface area contributed by atoms with Gasteiger partial charge in [-0.25, -0.2) is 8.42 Å². The van der Waals surface area contributed by atoms with Gasteiger partial charge in [0.25, 0.3) is 0 Å². The average Bonchev–Trinajstić information content (AvgIpc) is 2.48. The maximum Gasteiger partial charge on any atom is 0.246 e. The van der Waals surface area contributed by atoms with Crippen LogP contribution in [0.4, 0.5) is 0 Å². The Bertz CT molecular complexity index is 788. The van der Waals surface area contributed by atoms with Crippen LogP contribution in [0.5, 0.6) is 0 Å². The zero-order valence-electron chi connectivity index (χ0n) is 12.3. The molecule has 2 N–H and O–H groups in total. The van der Waals surface area contributed by atoms with Crippen molar-refractivity contribution in [1.29, 1.82) is 0 Å². The number of hydrogen-bond acceptors (Lipinski definition) is 3. The molecule has 2 unspecified atom stereocenters. The molecule has 7 heteroatoms. The zero-order valence-corrected chi connectivity index (χ0v) is 14.0. The molecule has 0 aromatic heterocycles. The summed E-state index contributed by atoms with van der Waals surface area (Å²) >= 11 is 0. The van der Waals surface area contributed by atoms with Gasteiger partial charge in [0.15, 0.2) is 0 Å². The highest BCUT2D eigenvalue weighted by molar-refractivity contribution is 7.90. The Morgan fingerprint density at radius 2 is 1.59 bits per heavy atom. The van der Waals surface area contributed by atoms with Crippen LogP contribution < -0.4 is 10.0 Å². The van der Waals surface area contributed by atoms with Gasteiger partial charge in [-0.05, 0) is 38.1 Å². The van der Waals surface area contributed by atoms with Crippen molar-refractivity contribution in [2.75, 3.05) is 0 Å². The first-order chi connectivity index (χ1) is 10.2. The molecule has 22 heavy (non-hydrogen) atoms. The van der Waals surface area contributed by atoms with Crippen molar-refractivity contribution in [3.63, 3.8) is 0 Å². The summed E-state index contributed by atoms with van der Waals surface area (Å²) in [6, 6.07) is 14.3. The third-order valence-electron chi connectivity index (χ3n) is 3.31. The second-order valence-electron chi connectivity index (χ2n) is 5.07. The van der Waals surface area contributed by atoms with Gasteiger partial charge in [0, 0.05) is 5.30 Å². The first-order valence-electron chi connectivity index (χ1n) is 6.70. The van der Waals surface area contributed by atoms with Crippen molar-refractivity contribution in [2.45, 2.75) is 24.5 Å². The van der Waals surface area contributed by atoms with Crippen LogP contribution in [0.15, 0.2) is 59.5 Å². The summed E-state index contributed by atoms with van der Waals surface area (Å²) in [5.74, 6) is -1.12. The standard InChI is InChI=1S/C15H18NO4PS/c1-12-8-10-15(11-9-12)22(19,20)16-13(2)21(17,18)14-6-4-3-5-7-14/h3-11,13,16H,1-2H3,(H,17,18). The molecule has 2 rings (SSSR count). The molecule has 0 fully saturated rings. The van der Waals surface area contributed by atoms with Crippen molar-refractivity contribution in [2.24, 2.45) is 0 Å². The lowest BCUT2D eigenvalue weighted by atomic mass is 10.2. The van der Waals surface area contributed by atoms with Crippen LogP contribution in [0.1, 0.15) is 12.5 Å². The molecule has 0 aliphatic rings. The van der Waals surface area contributed by atoms with Crippen molar-refractivity contribution in [3.05, 3.63) is 60.2 Å². The number of aryl methyl sites for hydroxylation is 1. The van der Waals surface area contributed by atoms with Crippen molar-refractivity contribution >= 4 is 22.7 Å². The highest BCUT2D eigenvalue weighted by Gasteiger charge is 2.32. The Labute approximate surface area is 130 Å². The number of hydrogen-bond donors (Lipinski definition) is 2. The summed E-state index contributed by atoms with van der Waals surface area (Å²) in [6.45, 7) is 3.24. The van der Waals surface area contributed by atoms with E-state index >= 15 is 0 Å². The van der Waals surface area contributed by atoms with Gasteiger partial charge in [-0.15, -0.1) is 0 Å². The molecule has 0 radical (unpaired) electrons. The molecule has 5 nitrogen and oxygen atoms in total. The van der Waals surface area contributed by atoms with E-state index in [0.717, 1.165) is 5.56 Å². The summed E-state index contributed by atoms with van der Waals surface area (Å²) in [4.78, 5) is 10.3. The Balaban J connectivity index is 2.26. The maximum atomic E-state index is 12.5. The number of rotatable bonds is 5. The molecule has 2 aromatic rings. The monoisotopic (exact) mass is 339 g/mol. The zero-order chi connectivity index (χ0) is 16.4. The van der Waals surface area contributed by atoms with Gasteiger partial charge in [-0.2, -0.15) is 4.72 Å². The molecule has 0 bridgehead atoms. The van der Waals surface area contributed by atoms with E-state index in [0.29, 0.717) is 0 Å². The fourth-order valence-corrected chi connectivity index (χ4v) is 5.06. The van der Waals surface area contributed by atoms with E-state index in [1.807, 2.05) is 6.92 Å². The van der Waals surface area contributed by atoms with E-state index in [1.165, 1.54) is 31.2 Å². The van der Waals surface area contributed by atoms with E-state index in [9.17, 15) is 17.9 Å². The summed E-state index contributed by atoms with van der Waals surface area (Å²) in [7, 11) is -7.70. The van der Waals surface area contributed by atoms with Crippen LogP contribution >= 0.6 is 7.37 Å². The summed E-state index contributed by atoms with van der Waals surface area (Å²) in [5, 5.41) is 0.217. The third-order valence-corrected chi connectivity index (χ3v) is 7.26.